The monoisotopic (exact) mass is 349 g/mol. The van der Waals surface area contributed by atoms with Crippen molar-refractivity contribution in [1.29, 1.82) is 0 Å². The molecule has 4 rings (SSSR count). The van der Waals surface area contributed by atoms with Crippen LogP contribution in [0.1, 0.15) is 5.56 Å². The third-order valence-electron chi connectivity index (χ3n) is 3.97. The van der Waals surface area contributed by atoms with E-state index in [2.05, 4.69) is 15.4 Å². The highest BCUT2D eigenvalue weighted by molar-refractivity contribution is 5.91. The van der Waals surface area contributed by atoms with E-state index >= 15 is 0 Å². The first-order valence-electron chi connectivity index (χ1n) is 7.96. The molecule has 8 heteroatoms. The first-order chi connectivity index (χ1) is 12.6. The number of carbonyl (C=O) groups excluding carboxylic acids is 1. The van der Waals surface area contributed by atoms with Crippen LogP contribution >= 0.6 is 0 Å². The van der Waals surface area contributed by atoms with E-state index in [-0.39, 0.29) is 18.1 Å². The van der Waals surface area contributed by atoms with E-state index in [4.69, 9.17) is 4.42 Å². The highest BCUT2D eigenvalue weighted by atomic mass is 16.3. The molecule has 0 saturated carbocycles. The van der Waals surface area contributed by atoms with Crippen LogP contribution in [0.4, 0.5) is 5.69 Å². The highest BCUT2D eigenvalue weighted by Crippen LogP contribution is 2.25. The smallest absolute Gasteiger partial charge is 0.350 e. The molecular formula is C18H15N5O3. The maximum absolute atomic E-state index is 12.3. The number of aromatic nitrogens is 4. The maximum Gasteiger partial charge on any atom is 0.350 e. The normalized spacial score (nSPS) is 11.0. The van der Waals surface area contributed by atoms with E-state index in [0.717, 1.165) is 15.8 Å². The van der Waals surface area contributed by atoms with E-state index in [1.54, 1.807) is 42.7 Å². The number of amides is 1. The second-order valence-corrected chi connectivity index (χ2v) is 5.78. The number of nitrogens with zero attached hydrogens (tertiary/aromatic N) is 4. The number of rotatable bonds is 4. The number of nitrogens with one attached hydrogen (secondary N) is 1. The van der Waals surface area contributed by atoms with Crippen LogP contribution in [0.25, 0.3) is 17.1 Å². The number of fused-ring (bicyclic) bond motifs is 1. The van der Waals surface area contributed by atoms with Crippen molar-refractivity contribution in [3.05, 3.63) is 71.1 Å². The molecule has 0 bridgehead atoms. The number of oxazole rings is 1. The van der Waals surface area contributed by atoms with Crippen LogP contribution in [0.5, 0.6) is 0 Å². The Balaban J connectivity index is 1.56. The second kappa shape index (κ2) is 6.32. The van der Waals surface area contributed by atoms with Crippen LogP contribution in [-0.2, 0) is 11.3 Å². The van der Waals surface area contributed by atoms with E-state index in [1.165, 1.54) is 10.7 Å². The highest BCUT2D eigenvalue weighted by Gasteiger charge is 2.12. The molecule has 1 amide bonds. The largest absolute Gasteiger partial charge is 0.445 e. The summed E-state index contributed by atoms with van der Waals surface area (Å²) in [5.41, 5.74) is 2.48. The van der Waals surface area contributed by atoms with Crippen molar-refractivity contribution in [3.63, 3.8) is 0 Å². The zero-order valence-corrected chi connectivity index (χ0v) is 13.9. The van der Waals surface area contributed by atoms with Gasteiger partial charge in [0.25, 0.3) is 0 Å². The van der Waals surface area contributed by atoms with Gasteiger partial charge in [0.1, 0.15) is 12.8 Å². The van der Waals surface area contributed by atoms with Gasteiger partial charge in [0.05, 0.1) is 6.20 Å². The average molecular weight is 349 g/mol. The summed E-state index contributed by atoms with van der Waals surface area (Å²) in [7, 11) is 0. The molecule has 26 heavy (non-hydrogen) atoms. The SMILES string of the molecule is Cc1ccc(NC(=O)Cn2nc3ccccn3c2=O)cc1-c1ncco1. The summed E-state index contributed by atoms with van der Waals surface area (Å²) in [6, 6.07) is 10.7. The minimum Gasteiger partial charge on any atom is -0.445 e. The fourth-order valence-electron chi connectivity index (χ4n) is 2.69. The number of hydrogen-bond donors (Lipinski definition) is 1. The lowest BCUT2D eigenvalue weighted by Crippen LogP contribution is -2.28. The summed E-state index contributed by atoms with van der Waals surface area (Å²) in [5.74, 6) is 0.132. The Morgan fingerprint density at radius 3 is 2.92 bits per heavy atom. The van der Waals surface area contributed by atoms with Crippen molar-refractivity contribution in [2.45, 2.75) is 13.5 Å². The van der Waals surface area contributed by atoms with Crippen molar-refractivity contribution >= 4 is 17.2 Å². The Hall–Kier alpha value is -3.68. The quantitative estimate of drug-likeness (QED) is 0.609. The predicted molar refractivity (Wildman–Crippen MR) is 94.8 cm³/mol. The third kappa shape index (κ3) is 2.88. The molecule has 0 spiro atoms. The molecule has 0 fully saturated rings. The summed E-state index contributed by atoms with van der Waals surface area (Å²) < 4.78 is 7.84. The summed E-state index contributed by atoms with van der Waals surface area (Å²) in [6.07, 6.45) is 4.67. The molecule has 1 N–H and O–H groups in total. The standard InChI is InChI=1S/C18H15N5O3/c1-12-5-6-13(10-14(12)17-19-7-9-26-17)20-16(24)11-23-18(25)22-8-3-2-4-15(22)21-23/h2-10H,11H2,1H3,(H,20,24). The molecule has 0 aliphatic rings. The van der Waals surface area contributed by atoms with E-state index in [0.29, 0.717) is 17.2 Å². The van der Waals surface area contributed by atoms with Gasteiger partial charge in [0.2, 0.25) is 11.8 Å². The Kier molecular flexibility index (Phi) is 3.85. The fraction of sp³-hybridized carbons (Fsp3) is 0.111. The summed E-state index contributed by atoms with van der Waals surface area (Å²) in [5, 5.41) is 6.92. The van der Waals surface area contributed by atoms with Gasteiger partial charge in [0, 0.05) is 17.4 Å². The van der Waals surface area contributed by atoms with Crippen LogP contribution in [0, 0.1) is 6.92 Å². The van der Waals surface area contributed by atoms with Gasteiger partial charge in [-0.05, 0) is 36.8 Å². The number of pyridine rings is 1. The second-order valence-electron chi connectivity index (χ2n) is 5.78. The van der Waals surface area contributed by atoms with Crippen LogP contribution in [0.3, 0.4) is 0 Å². The lowest BCUT2D eigenvalue weighted by Gasteiger charge is -2.08. The fourth-order valence-corrected chi connectivity index (χ4v) is 2.69. The molecule has 0 saturated heterocycles. The molecule has 8 nitrogen and oxygen atoms in total. The summed E-state index contributed by atoms with van der Waals surface area (Å²) >= 11 is 0. The van der Waals surface area contributed by atoms with Crippen LogP contribution in [0.15, 0.2) is 64.3 Å². The van der Waals surface area contributed by atoms with Gasteiger partial charge in [-0.25, -0.2) is 14.5 Å². The molecule has 3 aromatic heterocycles. The molecule has 130 valence electrons. The van der Waals surface area contributed by atoms with Gasteiger partial charge in [-0.1, -0.05) is 12.1 Å². The minimum absolute atomic E-state index is 0.178. The molecule has 0 atom stereocenters. The maximum atomic E-state index is 12.3. The summed E-state index contributed by atoms with van der Waals surface area (Å²) in [4.78, 5) is 28.7. The van der Waals surface area contributed by atoms with Gasteiger partial charge in [-0.15, -0.1) is 5.10 Å². The number of aryl methyl sites for hydroxylation is 1. The number of benzene rings is 1. The zero-order chi connectivity index (χ0) is 18.1. The molecule has 1 aromatic carbocycles. The molecule has 0 aliphatic heterocycles. The van der Waals surface area contributed by atoms with E-state index < -0.39 is 0 Å². The number of hydrogen-bond acceptors (Lipinski definition) is 5. The van der Waals surface area contributed by atoms with Crippen molar-refractivity contribution in [1.82, 2.24) is 19.2 Å². The van der Waals surface area contributed by atoms with Gasteiger partial charge < -0.3 is 9.73 Å². The van der Waals surface area contributed by atoms with Crippen LogP contribution < -0.4 is 11.0 Å². The first kappa shape index (κ1) is 15.8. The third-order valence-corrected chi connectivity index (χ3v) is 3.97. The molecule has 4 aromatic rings. The van der Waals surface area contributed by atoms with Gasteiger partial charge in [-0.3, -0.25) is 9.20 Å². The van der Waals surface area contributed by atoms with Crippen molar-refractivity contribution in [2.24, 2.45) is 0 Å². The molecule has 3 heterocycles. The van der Waals surface area contributed by atoms with Crippen LogP contribution in [-0.4, -0.2) is 25.1 Å². The van der Waals surface area contributed by atoms with Gasteiger partial charge >= 0.3 is 5.69 Å². The van der Waals surface area contributed by atoms with E-state index in [9.17, 15) is 9.59 Å². The Morgan fingerprint density at radius 2 is 2.15 bits per heavy atom. The van der Waals surface area contributed by atoms with E-state index in [1.807, 2.05) is 13.0 Å². The number of carbonyl (C=O) groups is 1. The average Bonchev–Trinajstić information content (AvgIpc) is 3.26. The molecule has 0 radical (unpaired) electrons. The van der Waals surface area contributed by atoms with Gasteiger partial charge in [-0.2, -0.15) is 0 Å². The first-order valence-corrected chi connectivity index (χ1v) is 7.96. The van der Waals surface area contributed by atoms with Crippen molar-refractivity contribution in [3.8, 4) is 11.5 Å². The van der Waals surface area contributed by atoms with Gasteiger partial charge in [0.15, 0.2) is 5.65 Å². The molecule has 0 unspecified atom stereocenters. The lowest BCUT2D eigenvalue weighted by atomic mass is 10.1. The Labute approximate surface area is 147 Å². The van der Waals surface area contributed by atoms with Crippen molar-refractivity contribution in [2.75, 3.05) is 5.32 Å². The minimum atomic E-state index is -0.361. The predicted octanol–water partition coefficient (Wildman–Crippen LogP) is 2.10. The molecule has 0 aliphatic carbocycles. The van der Waals surface area contributed by atoms with Crippen LogP contribution in [0.2, 0.25) is 0 Å². The summed E-state index contributed by atoms with van der Waals surface area (Å²) in [6.45, 7) is 1.75. The lowest BCUT2D eigenvalue weighted by molar-refractivity contribution is -0.117. The Morgan fingerprint density at radius 1 is 1.27 bits per heavy atom. The zero-order valence-electron chi connectivity index (χ0n) is 13.9. The Bertz CT molecular complexity index is 1140. The van der Waals surface area contributed by atoms with Crippen molar-refractivity contribution < 1.29 is 9.21 Å². The molecular weight excluding hydrogens is 334 g/mol. The number of anilines is 1. The topological polar surface area (TPSA) is 94.4 Å².